The van der Waals surface area contributed by atoms with Gasteiger partial charge in [0.25, 0.3) is 0 Å². The van der Waals surface area contributed by atoms with E-state index in [1.807, 2.05) is 31.0 Å². The summed E-state index contributed by atoms with van der Waals surface area (Å²) in [6.07, 6.45) is 2.57. The number of halogens is 1. The normalized spacial score (nSPS) is 15.6. The summed E-state index contributed by atoms with van der Waals surface area (Å²) in [6.45, 7) is 3.42. The first-order chi connectivity index (χ1) is 10.0. The molecule has 1 unspecified atom stereocenters. The van der Waals surface area contributed by atoms with Crippen LogP contribution in [0.4, 0.5) is 5.69 Å². The second-order valence-electron chi connectivity index (χ2n) is 5.84. The topological polar surface area (TPSA) is 44.4 Å². The van der Waals surface area contributed by atoms with Crippen LogP contribution in [0.5, 0.6) is 0 Å². The molecule has 1 aromatic carbocycles. The van der Waals surface area contributed by atoms with Crippen molar-refractivity contribution in [3.8, 4) is 0 Å². The van der Waals surface area contributed by atoms with Crippen molar-refractivity contribution in [2.75, 3.05) is 25.5 Å². The summed E-state index contributed by atoms with van der Waals surface area (Å²) in [7, 11) is 3.62. The zero-order valence-corrected chi connectivity index (χ0v) is 13.7. The maximum absolute atomic E-state index is 11.6. The first-order valence-electron chi connectivity index (χ1n) is 7.45. The molecule has 21 heavy (non-hydrogen) atoms. The first-order valence-corrected chi connectivity index (χ1v) is 7.83. The fourth-order valence-electron chi connectivity index (χ4n) is 2.36. The number of nitrogens with one attached hydrogen (secondary N) is 2. The van der Waals surface area contributed by atoms with Gasteiger partial charge in [0, 0.05) is 33.2 Å². The Bertz CT molecular complexity index is 502. The van der Waals surface area contributed by atoms with E-state index in [2.05, 4.69) is 16.7 Å². The lowest BCUT2D eigenvalue weighted by molar-refractivity contribution is -0.123. The van der Waals surface area contributed by atoms with E-state index in [1.54, 1.807) is 7.05 Å². The molecule has 0 saturated heterocycles. The van der Waals surface area contributed by atoms with Crippen LogP contribution in [0.3, 0.4) is 0 Å². The van der Waals surface area contributed by atoms with Gasteiger partial charge in [0.15, 0.2) is 0 Å². The monoisotopic (exact) mass is 309 g/mol. The average molecular weight is 310 g/mol. The zero-order valence-electron chi connectivity index (χ0n) is 12.9. The molecule has 1 atom stereocenters. The lowest BCUT2D eigenvalue weighted by Crippen LogP contribution is -2.34. The second-order valence-corrected chi connectivity index (χ2v) is 6.24. The van der Waals surface area contributed by atoms with E-state index < -0.39 is 0 Å². The standard InChI is InChI=1S/C16H24ClN3O/c1-11(16(21)18-2)10-20(3)15-7-4-12(8-14(15)17)9-19-13-5-6-13/h4,7-8,11,13,19H,5-6,9-10H2,1-3H3,(H,18,21). The Hall–Kier alpha value is -1.26. The van der Waals surface area contributed by atoms with Crippen LogP contribution in [-0.4, -0.2) is 32.6 Å². The van der Waals surface area contributed by atoms with Crippen molar-refractivity contribution < 1.29 is 4.79 Å². The maximum atomic E-state index is 11.6. The quantitative estimate of drug-likeness (QED) is 0.813. The molecule has 0 heterocycles. The van der Waals surface area contributed by atoms with E-state index >= 15 is 0 Å². The third-order valence-corrected chi connectivity index (χ3v) is 4.14. The Morgan fingerprint density at radius 1 is 1.48 bits per heavy atom. The van der Waals surface area contributed by atoms with Gasteiger partial charge in [-0.1, -0.05) is 24.6 Å². The van der Waals surface area contributed by atoms with E-state index in [4.69, 9.17) is 11.6 Å². The van der Waals surface area contributed by atoms with Crippen molar-refractivity contribution >= 4 is 23.2 Å². The number of carbonyl (C=O) groups excluding carboxylic acids is 1. The SMILES string of the molecule is CNC(=O)C(C)CN(C)c1ccc(CNC2CC2)cc1Cl. The molecule has 5 heteroatoms. The van der Waals surface area contributed by atoms with Gasteiger partial charge in [-0.05, 0) is 30.5 Å². The molecule has 0 aliphatic heterocycles. The fraction of sp³-hybridized carbons (Fsp3) is 0.562. The number of rotatable bonds is 7. The highest BCUT2D eigenvalue weighted by molar-refractivity contribution is 6.33. The minimum absolute atomic E-state index is 0.0447. The zero-order chi connectivity index (χ0) is 15.4. The smallest absolute Gasteiger partial charge is 0.224 e. The number of hydrogen-bond acceptors (Lipinski definition) is 3. The van der Waals surface area contributed by atoms with Gasteiger partial charge in [-0.15, -0.1) is 0 Å². The minimum Gasteiger partial charge on any atom is -0.373 e. The molecular formula is C16H24ClN3O. The Morgan fingerprint density at radius 2 is 2.19 bits per heavy atom. The second kappa shape index (κ2) is 7.14. The third-order valence-electron chi connectivity index (χ3n) is 3.84. The number of amides is 1. The predicted octanol–water partition coefficient (Wildman–Crippen LogP) is 2.41. The molecule has 2 rings (SSSR count). The molecule has 2 N–H and O–H groups in total. The van der Waals surface area contributed by atoms with Gasteiger partial charge in [-0.25, -0.2) is 0 Å². The molecule has 0 radical (unpaired) electrons. The van der Waals surface area contributed by atoms with Crippen LogP contribution in [0, 0.1) is 5.92 Å². The Kier molecular flexibility index (Phi) is 5.48. The van der Waals surface area contributed by atoms with Crippen molar-refractivity contribution in [1.29, 1.82) is 0 Å². The average Bonchev–Trinajstić information content (AvgIpc) is 3.28. The summed E-state index contributed by atoms with van der Waals surface area (Å²) in [4.78, 5) is 13.6. The molecule has 0 spiro atoms. The lowest BCUT2D eigenvalue weighted by atomic mass is 10.1. The Labute approximate surface area is 131 Å². The van der Waals surface area contributed by atoms with E-state index in [0.717, 1.165) is 17.3 Å². The molecular weight excluding hydrogens is 286 g/mol. The molecule has 1 fully saturated rings. The molecule has 1 aliphatic carbocycles. The van der Waals surface area contributed by atoms with E-state index in [9.17, 15) is 4.79 Å². The molecule has 0 bridgehead atoms. The summed E-state index contributed by atoms with van der Waals surface area (Å²) in [5.74, 6) is -0.0319. The van der Waals surface area contributed by atoms with Crippen LogP contribution in [0.2, 0.25) is 5.02 Å². The van der Waals surface area contributed by atoms with Crippen molar-refractivity contribution in [2.24, 2.45) is 5.92 Å². The molecule has 1 aliphatic rings. The van der Waals surface area contributed by atoms with Gasteiger partial charge >= 0.3 is 0 Å². The first kappa shape index (κ1) is 16.1. The fourth-order valence-corrected chi connectivity index (χ4v) is 2.71. The highest BCUT2D eigenvalue weighted by Gasteiger charge is 2.20. The number of anilines is 1. The molecule has 4 nitrogen and oxygen atoms in total. The van der Waals surface area contributed by atoms with Crippen LogP contribution in [0.15, 0.2) is 18.2 Å². The summed E-state index contributed by atoms with van der Waals surface area (Å²) in [5, 5.41) is 6.88. The van der Waals surface area contributed by atoms with Crippen LogP contribution < -0.4 is 15.5 Å². The van der Waals surface area contributed by atoms with Crippen LogP contribution in [0.1, 0.15) is 25.3 Å². The Balaban J connectivity index is 1.96. The van der Waals surface area contributed by atoms with E-state index in [-0.39, 0.29) is 11.8 Å². The van der Waals surface area contributed by atoms with Crippen molar-refractivity contribution in [1.82, 2.24) is 10.6 Å². The number of hydrogen-bond donors (Lipinski definition) is 2. The van der Waals surface area contributed by atoms with Gasteiger partial charge < -0.3 is 15.5 Å². The number of benzene rings is 1. The van der Waals surface area contributed by atoms with E-state index in [0.29, 0.717) is 12.6 Å². The number of carbonyl (C=O) groups is 1. The van der Waals surface area contributed by atoms with Crippen LogP contribution >= 0.6 is 11.6 Å². The molecule has 1 aromatic rings. The third kappa shape index (κ3) is 4.61. The van der Waals surface area contributed by atoms with Crippen molar-refractivity contribution in [2.45, 2.75) is 32.4 Å². The molecule has 0 aromatic heterocycles. The van der Waals surface area contributed by atoms with E-state index in [1.165, 1.54) is 18.4 Å². The van der Waals surface area contributed by atoms with Gasteiger partial charge in [-0.3, -0.25) is 4.79 Å². The molecule has 1 amide bonds. The summed E-state index contributed by atoms with van der Waals surface area (Å²) >= 11 is 6.38. The Morgan fingerprint density at radius 3 is 2.76 bits per heavy atom. The largest absolute Gasteiger partial charge is 0.373 e. The maximum Gasteiger partial charge on any atom is 0.224 e. The van der Waals surface area contributed by atoms with Gasteiger partial charge in [0.1, 0.15) is 0 Å². The van der Waals surface area contributed by atoms with Crippen molar-refractivity contribution in [3.05, 3.63) is 28.8 Å². The molecule has 116 valence electrons. The minimum atomic E-state index is -0.0766. The van der Waals surface area contributed by atoms with Crippen LogP contribution in [-0.2, 0) is 11.3 Å². The van der Waals surface area contributed by atoms with Crippen LogP contribution in [0.25, 0.3) is 0 Å². The van der Waals surface area contributed by atoms with Gasteiger partial charge in [0.2, 0.25) is 5.91 Å². The van der Waals surface area contributed by atoms with Gasteiger partial charge in [0.05, 0.1) is 16.6 Å². The lowest BCUT2D eigenvalue weighted by Gasteiger charge is -2.24. The summed E-state index contributed by atoms with van der Waals surface area (Å²) in [6, 6.07) is 6.83. The van der Waals surface area contributed by atoms with Gasteiger partial charge in [-0.2, -0.15) is 0 Å². The predicted molar refractivity (Wildman–Crippen MR) is 87.8 cm³/mol. The van der Waals surface area contributed by atoms with Crippen molar-refractivity contribution in [3.63, 3.8) is 0 Å². The summed E-state index contributed by atoms with van der Waals surface area (Å²) < 4.78 is 0. The highest BCUT2D eigenvalue weighted by atomic mass is 35.5. The number of nitrogens with zero attached hydrogens (tertiary/aromatic N) is 1. The highest BCUT2D eigenvalue weighted by Crippen LogP contribution is 2.27. The molecule has 1 saturated carbocycles. The summed E-state index contributed by atoms with van der Waals surface area (Å²) in [5.41, 5.74) is 2.16.